The molecule has 2 N–H and O–H groups in total. The number of carbonyl (C=O) groups is 1. The molecule has 1 rings (SSSR count). The smallest absolute Gasteiger partial charge is 0.239 e. The fraction of sp³-hybridized carbons (Fsp3) is 0.533. The lowest BCUT2D eigenvalue weighted by Crippen LogP contribution is -2.34. The van der Waals surface area contributed by atoms with Crippen molar-refractivity contribution in [3.8, 4) is 0 Å². The normalized spacial score (nSPS) is 10.7. The Labute approximate surface area is 120 Å². The average molecular weight is 281 g/mol. The van der Waals surface area contributed by atoms with Crippen LogP contribution in [0.15, 0.2) is 18.2 Å². The van der Waals surface area contributed by atoms with Gasteiger partial charge in [-0.2, -0.15) is 0 Å². The van der Waals surface area contributed by atoms with Crippen molar-refractivity contribution < 1.29 is 9.18 Å². The molecular weight excluding hydrogens is 257 g/mol. The Hall–Kier alpha value is -1.62. The quantitative estimate of drug-likeness (QED) is 0.800. The minimum absolute atomic E-state index is 0.0992. The Morgan fingerprint density at radius 3 is 2.70 bits per heavy atom. The van der Waals surface area contributed by atoms with Gasteiger partial charge in [0.25, 0.3) is 0 Å². The van der Waals surface area contributed by atoms with Gasteiger partial charge in [0, 0.05) is 31.9 Å². The largest absolute Gasteiger partial charge is 0.365 e. The Bertz CT molecular complexity index is 449. The molecule has 0 saturated heterocycles. The molecule has 0 aromatic heterocycles. The van der Waals surface area contributed by atoms with Gasteiger partial charge in [0.1, 0.15) is 5.82 Å². The van der Waals surface area contributed by atoms with Gasteiger partial charge in [0.2, 0.25) is 5.91 Å². The molecule has 20 heavy (non-hydrogen) atoms. The van der Waals surface area contributed by atoms with Crippen molar-refractivity contribution in [1.29, 1.82) is 0 Å². The molecule has 1 aromatic rings. The lowest BCUT2D eigenvalue weighted by atomic mass is 10.1. The summed E-state index contributed by atoms with van der Waals surface area (Å²) in [7, 11) is 3.38. The summed E-state index contributed by atoms with van der Waals surface area (Å²) in [6.07, 6.45) is 0. The molecule has 0 bridgehead atoms. The van der Waals surface area contributed by atoms with Crippen LogP contribution in [-0.2, 0) is 11.3 Å². The molecule has 4 nitrogen and oxygen atoms in total. The molecule has 0 aliphatic rings. The van der Waals surface area contributed by atoms with Gasteiger partial charge in [0.05, 0.1) is 6.54 Å². The first-order chi connectivity index (χ1) is 9.45. The van der Waals surface area contributed by atoms with Crippen LogP contribution in [0.25, 0.3) is 0 Å². The lowest BCUT2D eigenvalue weighted by Gasteiger charge is -2.22. The number of hydrogen-bond donors (Lipinski definition) is 2. The third kappa shape index (κ3) is 4.81. The number of anilines is 1. The van der Waals surface area contributed by atoms with Crippen LogP contribution >= 0.6 is 0 Å². The van der Waals surface area contributed by atoms with Crippen molar-refractivity contribution in [3.63, 3.8) is 0 Å². The van der Waals surface area contributed by atoms with Gasteiger partial charge >= 0.3 is 0 Å². The summed E-state index contributed by atoms with van der Waals surface area (Å²) in [4.78, 5) is 13.2. The molecule has 1 amide bonds. The zero-order valence-corrected chi connectivity index (χ0v) is 12.7. The van der Waals surface area contributed by atoms with Crippen LogP contribution in [0.3, 0.4) is 0 Å². The summed E-state index contributed by atoms with van der Waals surface area (Å²) in [5, 5.41) is 5.81. The topological polar surface area (TPSA) is 44.4 Å². The minimum Gasteiger partial charge on any atom is -0.365 e. The highest BCUT2D eigenvalue weighted by Gasteiger charge is 2.13. The highest BCUT2D eigenvalue weighted by Crippen LogP contribution is 2.22. The Morgan fingerprint density at radius 1 is 1.40 bits per heavy atom. The molecule has 0 saturated carbocycles. The van der Waals surface area contributed by atoms with E-state index in [9.17, 15) is 9.18 Å². The number of likely N-dealkylation sites (N-methyl/N-ethyl adjacent to an activating group) is 2. The van der Waals surface area contributed by atoms with Crippen molar-refractivity contribution in [2.24, 2.45) is 5.92 Å². The van der Waals surface area contributed by atoms with E-state index in [1.54, 1.807) is 25.1 Å². The number of rotatable bonds is 7. The zero-order valence-electron chi connectivity index (χ0n) is 12.7. The maximum Gasteiger partial charge on any atom is 0.239 e. The number of nitrogens with one attached hydrogen (secondary N) is 2. The van der Waals surface area contributed by atoms with Crippen LogP contribution in [0, 0.1) is 11.7 Å². The maximum absolute atomic E-state index is 14.0. The number of amides is 1. The van der Waals surface area contributed by atoms with Crippen LogP contribution in [0.1, 0.15) is 19.4 Å². The van der Waals surface area contributed by atoms with E-state index in [1.807, 2.05) is 6.07 Å². The first kappa shape index (κ1) is 16.4. The van der Waals surface area contributed by atoms with Gasteiger partial charge in [0.15, 0.2) is 0 Å². The van der Waals surface area contributed by atoms with Crippen LogP contribution < -0.4 is 15.5 Å². The van der Waals surface area contributed by atoms with E-state index in [4.69, 9.17) is 0 Å². The molecule has 0 radical (unpaired) electrons. The Balaban J connectivity index is 2.84. The maximum atomic E-state index is 14.0. The monoisotopic (exact) mass is 281 g/mol. The van der Waals surface area contributed by atoms with Crippen molar-refractivity contribution in [3.05, 3.63) is 29.6 Å². The van der Waals surface area contributed by atoms with Gasteiger partial charge < -0.3 is 15.5 Å². The number of benzene rings is 1. The van der Waals surface area contributed by atoms with E-state index in [0.29, 0.717) is 18.0 Å². The molecule has 0 aliphatic carbocycles. The predicted octanol–water partition coefficient (Wildman–Crippen LogP) is 1.75. The lowest BCUT2D eigenvalue weighted by molar-refractivity contribution is -0.119. The standard InChI is InChI=1S/C15H24FN3O/c1-11(2)8-18-9-12-13(16)6-5-7-14(12)19(4)10-15(20)17-3/h5-7,11,18H,8-10H2,1-4H3,(H,17,20). The highest BCUT2D eigenvalue weighted by molar-refractivity contribution is 5.81. The molecule has 0 fully saturated rings. The van der Waals surface area contributed by atoms with Gasteiger partial charge in [-0.1, -0.05) is 19.9 Å². The fourth-order valence-electron chi connectivity index (χ4n) is 1.95. The van der Waals surface area contributed by atoms with Crippen LogP contribution in [0.2, 0.25) is 0 Å². The summed E-state index contributed by atoms with van der Waals surface area (Å²) < 4.78 is 14.0. The van der Waals surface area contributed by atoms with Crippen LogP contribution in [0.4, 0.5) is 10.1 Å². The van der Waals surface area contributed by atoms with E-state index < -0.39 is 0 Å². The van der Waals surface area contributed by atoms with E-state index in [0.717, 1.165) is 12.2 Å². The summed E-state index contributed by atoms with van der Waals surface area (Å²) >= 11 is 0. The van der Waals surface area contributed by atoms with Crippen molar-refractivity contribution in [2.45, 2.75) is 20.4 Å². The first-order valence-electron chi connectivity index (χ1n) is 6.85. The minimum atomic E-state index is -0.248. The van der Waals surface area contributed by atoms with Gasteiger partial charge in [-0.25, -0.2) is 4.39 Å². The van der Waals surface area contributed by atoms with E-state index in [2.05, 4.69) is 24.5 Å². The summed E-state index contributed by atoms with van der Waals surface area (Å²) in [5.74, 6) is 0.161. The second-order valence-corrected chi connectivity index (χ2v) is 5.29. The van der Waals surface area contributed by atoms with Crippen molar-refractivity contribution in [1.82, 2.24) is 10.6 Å². The van der Waals surface area contributed by atoms with Crippen LogP contribution in [-0.4, -0.2) is 33.1 Å². The SMILES string of the molecule is CNC(=O)CN(C)c1cccc(F)c1CNCC(C)C. The second-order valence-electron chi connectivity index (χ2n) is 5.29. The fourth-order valence-corrected chi connectivity index (χ4v) is 1.95. The van der Waals surface area contributed by atoms with E-state index in [-0.39, 0.29) is 18.3 Å². The predicted molar refractivity (Wildman–Crippen MR) is 80.3 cm³/mol. The summed E-state index contributed by atoms with van der Waals surface area (Å²) in [6, 6.07) is 4.94. The van der Waals surface area contributed by atoms with E-state index in [1.165, 1.54) is 6.07 Å². The Kier molecular flexibility index (Phi) is 6.45. The molecular formula is C15H24FN3O. The number of carbonyl (C=O) groups excluding carboxylic acids is 1. The molecule has 0 heterocycles. The number of halogens is 1. The number of hydrogen-bond acceptors (Lipinski definition) is 3. The third-order valence-electron chi connectivity index (χ3n) is 3.02. The van der Waals surface area contributed by atoms with Crippen molar-refractivity contribution >= 4 is 11.6 Å². The molecule has 1 aromatic carbocycles. The summed E-state index contributed by atoms with van der Waals surface area (Å²) in [5.41, 5.74) is 1.34. The summed E-state index contributed by atoms with van der Waals surface area (Å²) in [6.45, 7) is 5.70. The van der Waals surface area contributed by atoms with Gasteiger partial charge in [-0.15, -0.1) is 0 Å². The van der Waals surface area contributed by atoms with E-state index >= 15 is 0 Å². The number of nitrogens with zero attached hydrogens (tertiary/aromatic N) is 1. The molecule has 0 atom stereocenters. The highest BCUT2D eigenvalue weighted by atomic mass is 19.1. The van der Waals surface area contributed by atoms with Gasteiger partial charge in [-0.05, 0) is 24.6 Å². The Morgan fingerprint density at radius 2 is 2.10 bits per heavy atom. The van der Waals surface area contributed by atoms with Crippen LogP contribution in [0.5, 0.6) is 0 Å². The zero-order chi connectivity index (χ0) is 15.1. The molecule has 5 heteroatoms. The molecule has 0 aliphatic heterocycles. The van der Waals surface area contributed by atoms with Gasteiger partial charge in [-0.3, -0.25) is 4.79 Å². The molecule has 0 spiro atoms. The molecule has 112 valence electrons. The average Bonchev–Trinajstić information content (AvgIpc) is 2.39. The first-order valence-corrected chi connectivity index (χ1v) is 6.85. The molecule has 0 unspecified atom stereocenters. The van der Waals surface area contributed by atoms with Crippen molar-refractivity contribution in [2.75, 3.05) is 32.1 Å². The second kappa shape index (κ2) is 7.85. The third-order valence-corrected chi connectivity index (χ3v) is 3.02.